The Morgan fingerprint density at radius 1 is 1.16 bits per heavy atom. The van der Waals surface area contributed by atoms with Crippen LogP contribution in [0, 0.1) is 13.8 Å². The van der Waals surface area contributed by atoms with Crippen molar-refractivity contribution in [2.24, 2.45) is 0 Å². The van der Waals surface area contributed by atoms with Crippen molar-refractivity contribution in [1.29, 1.82) is 0 Å². The summed E-state index contributed by atoms with van der Waals surface area (Å²) in [4.78, 5) is 25.8. The van der Waals surface area contributed by atoms with Crippen LogP contribution in [0.5, 0.6) is 11.5 Å². The number of esters is 1. The SMILES string of the molecule is CCOC(=O)c1c(NC(=O)c2ccc(OC)cc2OC)sc(C)c1C. The summed E-state index contributed by atoms with van der Waals surface area (Å²) in [5.74, 6) is 0.163. The number of ether oxygens (including phenoxy) is 3. The smallest absolute Gasteiger partial charge is 0.341 e. The molecule has 1 heterocycles. The first-order valence-corrected chi connectivity index (χ1v) is 8.55. The lowest BCUT2D eigenvalue weighted by Crippen LogP contribution is -2.15. The number of carbonyl (C=O) groups excluding carboxylic acids is 2. The number of amides is 1. The van der Waals surface area contributed by atoms with Crippen molar-refractivity contribution >= 4 is 28.2 Å². The van der Waals surface area contributed by atoms with Crippen molar-refractivity contribution in [2.45, 2.75) is 20.8 Å². The molecule has 2 rings (SSSR count). The van der Waals surface area contributed by atoms with E-state index in [0.29, 0.717) is 27.6 Å². The third-order valence-electron chi connectivity index (χ3n) is 3.75. The van der Waals surface area contributed by atoms with E-state index in [0.717, 1.165) is 10.4 Å². The summed E-state index contributed by atoms with van der Waals surface area (Å²) >= 11 is 1.34. The normalized spacial score (nSPS) is 10.3. The van der Waals surface area contributed by atoms with E-state index in [1.54, 1.807) is 25.1 Å². The summed E-state index contributed by atoms with van der Waals surface area (Å²) in [5.41, 5.74) is 1.55. The highest BCUT2D eigenvalue weighted by atomic mass is 32.1. The molecule has 0 fully saturated rings. The lowest BCUT2D eigenvalue weighted by molar-refractivity contribution is 0.0527. The maximum Gasteiger partial charge on any atom is 0.341 e. The zero-order valence-corrected chi connectivity index (χ0v) is 15.7. The Hall–Kier alpha value is -2.54. The second kappa shape index (κ2) is 8.02. The van der Waals surface area contributed by atoms with Gasteiger partial charge in [-0.3, -0.25) is 4.79 Å². The third-order valence-corrected chi connectivity index (χ3v) is 4.87. The number of hydrogen-bond acceptors (Lipinski definition) is 6. The Bertz CT molecular complexity index is 797. The second-order valence-electron chi connectivity index (χ2n) is 5.23. The van der Waals surface area contributed by atoms with Crippen LogP contribution >= 0.6 is 11.3 Å². The van der Waals surface area contributed by atoms with Crippen molar-refractivity contribution in [1.82, 2.24) is 0 Å². The number of anilines is 1. The van der Waals surface area contributed by atoms with Crippen LogP contribution in [0.1, 0.15) is 38.1 Å². The molecule has 2 aromatic rings. The minimum absolute atomic E-state index is 0.271. The highest BCUT2D eigenvalue weighted by Gasteiger charge is 2.23. The summed E-state index contributed by atoms with van der Waals surface area (Å²) in [6, 6.07) is 4.92. The van der Waals surface area contributed by atoms with Crippen LogP contribution in [0.2, 0.25) is 0 Å². The van der Waals surface area contributed by atoms with Gasteiger partial charge in [-0.05, 0) is 38.5 Å². The number of benzene rings is 1. The molecule has 25 heavy (non-hydrogen) atoms. The number of rotatable bonds is 6. The van der Waals surface area contributed by atoms with Crippen LogP contribution in [0.3, 0.4) is 0 Å². The molecule has 0 atom stereocenters. The summed E-state index contributed by atoms with van der Waals surface area (Å²) in [6.07, 6.45) is 0. The molecule has 0 saturated heterocycles. The minimum atomic E-state index is -0.443. The Morgan fingerprint density at radius 3 is 2.48 bits per heavy atom. The molecule has 0 unspecified atom stereocenters. The predicted octanol–water partition coefficient (Wildman–Crippen LogP) is 3.81. The zero-order valence-electron chi connectivity index (χ0n) is 14.9. The molecule has 0 aliphatic rings. The lowest BCUT2D eigenvalue weighted by Gasteiger charge is -2.11. The summed E-state index contributed by atoms with van der Waals surface area (Å²) in [5, 5.41) is 3.27. The first kappa shape index (κ1) is 18.8. The van der Waals surface area contributed by atoms with Gasteiger partial charge >= 0.3 is 5.97 Å². The molecule has 0 saturated carbocycles. The molecule has 1 N–H and O–H groups in total. The predicted molar refractivity (Wildman–Crippen MR) is 97.2 cm³/mol. The van der Waals surface area contributed by atoms with Crippen molar-refractivity contribution in [3.05, 3.63) is 39.8 Å². The van der Waals surface area contributed by atoms with Gasteiger partial charge in [0.25, 0.3) is 5.91 Å². The van der Waals surface area contributed by atoms with Gasteiger partial charge in [-0.1, -0.05) is 0 Å². The van der Waals surface area contributed by atoms with Gasteiger partial charge < -0.3 is 19.5 Å². The van der Waals surface area contributed by atoms with Crippen LogP contribution < -0.4 is 14.8 Å². The monoisotopic (exact) mass is 363 g/mol. The van der Waals surface area contributed by atoms with Crippen molar-refractivity contribution in [3.8, 4) is 11.5 Å². The van der Waals surface area contributed by atoms with Gasteiger partial charge in [-0.25, -0.2) is 4.79 Å². The van der Waals surface area contributed by atoms with Crippen molar-refractivity contribution in [3.63, 3.8) is 0 Å². The number of carbonyl (C=O) groups is 2. The van der Waals surface area contributed by atoms with Crippen LogP contribution in [0.25, 0.3) is 0 Å². The highest BCUT2D eigenvalue weighted by molar-refractivity contribution is 7.16. The van der Waals surface area contributed by atoms with Gasteiger partial charge in [0, 0.05) is 10.9 Å². The first-order valence-electron chi connectivity index (χ1n) is 7.73. The molecule has 0 bridgehead atoms. The van der Waals surface area contributed by atoms with Gasteiger partial charge in [-0.15, -0.1) is 11.3 Å². The zero-order chi connectivity index (χ0) is 18.6. The highest BCUT2D eigenvalue weighted by Crippen LogP contribution is 2.34. The molecule has 1 amide bonds. The fourth-order valence-corrected chi connectivity index (χ4v) is 3.36. The van der Waals surface area contributed by atoms with E-state index in [2.05, 4.69) is 5.32 Å². The molecule has 7 heteroatoms. The third kappa shape index (κ3) is 3.93. The lowest BCUT2D eigenvalue weighted by atomic mass is 10.1. The second-order valence-corrected chi connectivity index (χ2v) is 6.45. The fraction of sp³-hybridized carbons (Fsp3) is 0.333. The van der Waals surface area contributed by atoms with Crippen LogP contribution in [-0.2, 0) is 4.74 Å². The Labute approximate surface area is 150 Å². The molecule has 0 radical (unpaired) electrons. The molecular weight excluding hydrogens is 342 g/mol. The fourth-order valence-electron chi connectivity index (χ4n) is 2.32. The van der Waals surface area contributed by atoms with E-state index in [4.69, 9.17) is 14.2 Å². The van der Waals surface area contributed by atoms with E-state index >= 15 is 0 Å². The molecule has 6 nitrogen and oxygen atoms in total. The Balaban J connectivity index is 2.36. The molecule has 0 aliphatic heterocycles. The van der Waals surface area contributed by atoms with Gasteiger partial charge in [0.05, 0.1) is 32.0 Å². The molecule has 1 aromatic carbocycles. The Kier molecular flexibility index (Phi) is 6.03. The largest absolute Gasteiger partial charge is 0.497 e. The summed E-state index contributed by atoms with van der Waals surface area (Å²) in [6.45, 7) is 5.74. The van der Waals surface area contributed by atoms with Gasteiger partial charge in [-0.2, -0.15) is 0 Å². The minimum Gasteiger partial charge on any atom is -0.497 e. The van der Waals surface area contributed by atoms with Crippen LogP contribution in [-0.4, -0.2) is 32.7 Å². The maximum atomic E-state index is 12.7. The van der Waals surface area contributed by atoms with Crippen molar-refractivity contribution < 1.29 is 23.8 Å². The van der Waals surface area contributed by atoms with Gasteiger partial charge in [0.1, 0.15) is 16.5 Å². The molecular formula is C18H21NO5S. The molecule has 0 spiro atoms. The van der Waals surface area contributed by atoms with E-state index in [1.165, 1.54) is 25.6 Å². The summed E-state index contributed by atoms with van der Waals surface area (Å²) in [7, 11) is 3.02. The average molecular weight is 363 g/mol. The van der Waals surface area contributed by atoms with E-state index in [9.17, 15) is 9.59 Å². The topological polar surface area (TPSA) is 73.9 Å². The Morgan fingerprint density at radius 2 is 1.88 bits per heavy atom. The maximum absolute atomic E-state index is 12.7. The van der Waals surface area contributed by atoms with E-state index < -0.39 is 5.97 Å². The van der Waals surface area contributed by atoms with Gasteiger partial charge in [0.2, 0.25) is 0 Å². The standard InChI is InChI=1S/C18H21NO5S/c1-6-24-18(21)15-10(2)11(3)25-17(15)19-16(20)13-8-7-12(22-4)9-14(13)23-5/h7-9H,6H2,1-5H3,(H,19,20). The van der Waals surface area contributed by atoms with E-state index in [-0.39, 0.29) is 12.5 Å². The molecule has 0 aliphatic carbocycles. The number of aryl methyl sites for hydroxylation is 1. The van der Waals surface area contributed by atoms with Gasteiger partial charge in [0.15, 0.2) is 0 Å². The number of nitrogens with one attached hydrogen (secondary N) is 1. The quantitative estimate of drug-likeness (QED) is 0.790. The number of methoxy groups -OCH3 is 2. The number of hydrogen-bond donors (Lipinski definition) is 1. The first-order chi connectivity index (χ1) is 11.9. The van der Waals surface area contributed by atoms with E-state index in [1.807, 2.05) is 13.8 Å². The number of thiophene rings is 1. The molecule has 1 aromatic heterocycles. The van der Waals surface area contributed by atoms with Crippen LogP contribution in [0.4, 0.5) is 5.00 Å². The molecule has 134 valence electrons. The van der Waals surface area contributed by atoms with Crippen molar-refractivity contribution in [2.75, 3.05) is 26.1 Å². The average Bonchev–Trinajstić information content (AvgIpc) is 2.88. The summed E-state index contributed by atoms with van der Waals surface area (Å²) < 4.78 is 15.5. The van der Waals surface area contributed by atoms with Crippen LogP contribution in [0.15, 0.2) is 18.2 Å².